The molecule has 15 nitrogen and oxygen atoms in total. The number of fused-ring (bicyclic) bond motifs is 1. The highest BCUT2D eigenvalue weighted by atomic mass is 16.6. The molecular weight excluding hydrogens is 426 g/mol. The van der Waals surface area contributed by atoms with Crippen LogP contribution in [0.2, 0.25) is 0 Å². The molecule has 15 heteroatoms. The number of carbonyl (C=O) groups is 1. The summed E-state index contributed by atoms with van der Waals surface area (Å²) in [6.45, 7) is -0.191. The molecule has 1 saturated heterocycles. The molecule has 0 spiro atoms. The molecule has 5 N–H and O–H groups in total. The quantitative estimate of drug-likeness (QED) is 0.348. The first kappa shape index (κ1) is 20.5. The van der Waals surface area contributed by atoms with Gasteiger partial charge in [-0.25, -0.2) is 14.5 Å². The maximum Gasteiger partial charge on any atom is 0.375 e. The minimum atomic E-state index is -1.36. The van der Waals surface area contributed by atoms with Crippen LogP contribution in [0.1, 0.15) is 42.5 Å². The Bertz CT molecular complexity index is 1140. The van der Waals surface area contributed by atoms with E-state index in [0.29, 0.717) is 5.52 Å². The van der Waals surface area contributed by atoms with Crippen LogP contribution in [-0.4, -0.2) is 85.4 Å². The fourth-order valence-corrected chi connectivity index (χ4v) is 4.07. The van der Waals surface area contributed by atoms with E-state index in [2.05, 4.69) is 30.5 Å². The number of nitrogen functional groups attached to an aromatic ring is 1. The number of tetrazole rings is 1. The second-order valence-electron chi connectivity index (χ2n) is 7.78. The normalized spacial score (nSPS) is 26.2. The van der Waals surface area contributed by atoms with Gasteiger partial charge in [0.15, 0.2) is 23.2 Å². The van der Waals surface area contributed by atoms with Crippen LogP contribution in [0.25, 0.3) is 11.2 Å². The number of ether oxygens (including phenoxy) is 2. The highest BCUT2D eigenvalue weighted by Gasteiger charge is 2.45. The standard InChI is InChI=1S/C17H21N9O6/c18-12-9-13(21-17(20-12)31-7-3-1-2-4-7)25(6-19-9)15-11(28)10(27)8(32-15)5-26-14(16(29)30)22-23-24-26/h6-8,10-11,15,27-28H,1-5H2,(H,29,30)(H2,18,20,21)/t8-,10-,11-,15-/m1/s1. The monoisotopic (exact) mass is 447 g/mol. The van der Waals surface area contributed by atoms with E-state index in [1.807, 2.05) is 0 Å². The van der Waals surface area contributed by atoms with Crippen LogP contribution in [0.3, 0.4) is 0 Å². The molecule has 0 bridgehead atoms. The number of carboxylic acids is 1. The van der Waals surface area contributed by atoms with E-state index in [4.69, 9.17) is 20.3 Å². The molecule has 4 heterocycles. The summed E-state index contributed by atoms with van der Waals surface area (Å²) in [6, 6.07) is 0.105. The predicted molar refractivity (Wildman–Crippen MR) is 103 cm³/mol. The second kappa shape index (κ2) is 7.92. The first-order valence-corrected chi connectivity index (χ1v) is 10.1. The molecule has 0 amide bonds. The van der Waals surface area contributed by atoms with Crippen LogP contribution in [0.15, 0.2) is 6.33 Å². The number of anilines is 1. The Morgan fingerprint density at radius 2 is 2.03 bits per heavy atom. The largest absolute Gasteiger partial charge is 0.475 e. The van der Waals surface area contributed by atoms with Crippen molar-refractivity contribution in [2.24, 2.45) is 0 Å². The van der Waals surface area contributed by atoms with E-state index in [0.717, 1.165) is 30.4 Å². The smallest absolute Gasteiger partial charge is 0.375 e. The lowest BCUT2D eigenvalue weighted by molar-refractivity contribution is -0.0406. The number of carboxylic acid groups (broad SMARTS) is 1. The summed E-state index contributed by atoms with van der Waals surface area (Å²) in [5, 5.41) is 40.6. The Morgan fingerprint density at radius 3 is 2.78 bits per heavy atom. The molecule has 1 saturated carbocycles. The molecule has 5 rings (SSSR count). The number of hydrogen-bond acceptors (Lipinski definition) is 12. The summed E-state index contributed by atoms with van der Waals surface area (Å²) in [7, 11) is 0. The average Bonchev–Trinajstić information content (AvgIpc) is 3.53. The molecule has 1 aliphatic carbocycles. The van der Waals surface area contributed by atoms with Gasteiger partial charge in [0, 0.05) is 0 Å². The molecule has 0 unspecified atom stereocenters. The topological polar surface area (TPSA) is 209 Å². The highest BCUT2D eigenvalue weighted by Crippen LogP contribution is 2.33. The van der Waals surface area contributed by atoms with E-state index in [1.165, 1.54) is 10.9 Å². The molecule has 0 aromatic carbocycles. The molecule has 2 fully saturated rings. The summed E-state index contributed by atoms with van der Waals surface area (Å²) in [5.74, 6) is -1.63. The third-order valence-corrected chi connectivity index (χ3v) is 5.69. The van der Waals surface area contributed by atoms with Crippen LogP contribution >= 0.6 is 0 Å². The number of hydrogen-bond donors (Lipinski definition) is 4. The third-order valence-electron chi connectivity index (χ3n) is 5.69. The Labute approximate surface area is 179 Å². The molecule has 3 aromatic rings. The van der Waals surface area contributed by atoms with Crippen LogP contribution in [-0.2, 0) is 11.3 Å². The lowest BCUT2D eigenvalue weighted by Crippen LogP contribution is -2.34. The van der Waals surface area contributed by atoms with E-state index in [9.17, 15) is 15.0 Å². The van der Waals surface area contributed by atoms with Gasteiger partial charge in [-0.15, -0.1) is 5.10 Å². The van der Waals surface area contributed by atoms with Gasteiger partial charge in [-0.2, -0.15) is 9.97 Å². The number of nitrogens with two attached hydrogens (primary N) is 1. The van der Waals surface area contributed by atoms with Crippen molar-refractivity contribution < 1.29 is 29.6 Å². The van der Waals surface area contributed by atoms with Gasteiger partial charge in [0.1, 0.15) is 24.4 Å². The third kappa shape index (κ3) is 3.49. The van der Waals surface area contributed by atoms with Crippen LogP contribution in [0.4, 0.5) is 5.82 Å². The Kier molecular flexibility index (Phi) is 5.07. The first-order valence-electron chi connectivity index (χ1n) is 10.1. The van der Waals surface area contributed by atoms with Gasteiger partial charge in [-0.05, 0) is 36.1 Å². The van der Waals surface area contributed by atoms with Crippen LogP contribution < -0.4 is 10.5 Å². The van der Waals surface area contributed by atoms with E-state index >= 15 is 0 Å². The minimum Gasteiger partial charge on any atom is -0.475 e. The number of imidazole rings is 1. The fourth-order valence-electron chi connectivity index (χ4n) is 4.07. The maximum atomic E-state index is 11.2. The van der Waals surface area contributed by atoms with E-state index in [1.54, 1.807) is 0 Å². The van der Waals surface area contributed by atoms with Gasteiger partial charge in [0.2, 0.25) is 0 Å². The lowest BCUT2D eigenvalue weighted by atomic mass is 10.1. The number of aromatic nitrogens is 8. The molecule has 4 atom stereocenters. The molecule has 3 aromatic heterocycles. The van der Waals surface area contributed by atoms with Gasteiger partial charge in [-0.3, -0.25) is 4.57 Å². The maximum absolute atomic E-state index is 11.2. The van der Waals surface area contributed by atoms with Crippen LogP contribution in [0, 0.1) is 0 Å². The van der Waals surface area contributed by atoms with Crippen molar-refractivity contribution >= 4 is 23.0 Å². The van der Waals surface area contributed by atoms with Crippen molar-refractivity contribution in [3.05, 3.63) is 12.2 Å². The predicted octanol–water partition coefficient (Wildman–Crippen LogP) is -1.27. The molecule has 32 heavy (non-hydrogen) atoms. The zero-order valence-electron chi connectivity index (χ0n) is 16.7. The Morgan fingerprint density at radius 1 is 1.25 bits per heavy atom. The molecular formula is C17H21N9O6. The summed E-state index contributed by atoms with van der Waals surface area (Å²) in [5.41, 5.74) is 6.60. The van der Waals surface area contributed by atoms with Crippen molar-refractivity contribution in [3.8, 4) is 6.01 Å². The summed E-state index contributed by atoms with van der Waals surface area (Å²) >= 11 is 0. The van der Waals surface area contributed by atoms with Crippen molar-refractivity contribution in [2.75, 3.05) is 5.73 Å². The average molecular weight is 447 g/mol. The van der Waals surface area contributed by atoms with Crippen molar-refractivity contribution in [1.82, 2.24) is 39.7 Å². The number of aliphatic hydroxyl groups excluding tert-OH is 2. The lowest BCUT2D eigenvalue weighted by Gasteiger charge is -2.17. The van der Waals surface area contributed by atoms with E-state index in [-0.39, 0.29) is 30.1 Å². The summed E-state index contributed by atoms with van der Waals surface area (Å²) in [6.07, 6.45) is 0.581. The summed E-state index contributed by atoms with van der Waals surface area (Å²) < 4.78 is 14.1. The number of aromatic carboxylic acids is 1. The summed E-state index contributed by atoms with van der Waals surface area (Å²) in [4.78, 5) is 24.0. The van der Waals surface area contributed by atoms with Gasteiger partial charge < -0.3 is 30.5 Å². The van der Waals surface area contributed by atoms with Crippen molar-refractivity contribution in [1.29, 1.82) is 0 Å². The number of nitrogens with zero attached hydrogens (tertiary/aromatic N) is 8. The van der Waals surface area contributed by atoms with Crippen molar-refractivity contribution in [3.63, 3.8) is 0 Å². The molecule has 1 aliphatic heterocycles. The zero-order chi connectivity index (χ0) is 22.4. The number of rotatable bonds is 6. The van der Waals surface area contributed by atoms with Gasteiger partial charge in [0.25, 0.3) is 5.82 Å². The SMILES string of the molecule is Nc1nc(OC2CCCC2)nc2c1ncn2[C@@H]1O[C@H](Cn2nnnc2C(=O)O)[C@@H](O)[C@H]1O. The van der Waals surface area contributed by atoms with Crippen LogP contribution in [0.5, 0.6) is 6.01 Å². The minimum absolute atomic E-state index is 0.0162. The highest BCUT2D eigenvalue weighted by molar-refractivity contribution is 5.83. The Balaban J connectivity index is 1.42. The number of aliphatic hydroxyl groups is 2. The molecule has 170 valence electrons. The Hall–Kier alpha value is -3.43. The van der Waals surface area contributed by atoms with E-state index < -0.39 is 36.3 Å². The first-order chi connectivity index (χ1) is 15.4. The van der Waals surface area contributed by atoms with Gasteiger partial charge >= 0.3 is 12.0 Å². The molecule has 0 radical (unpaired) electrons. The van der Waals surface area contributed by atoms with Gasteiger partial charge in [-0.1, -0.05) is 0 Å². The fraction of sp³-hybridized carbons (Fsp3) is 0.588. The van der Waals surface area contributed by atoms with Crippen molar-refractivity contribution in [2.45, 2.75) is 62.9 Å². The van der Waals surface area contributed by atoms with Gasteiger partial charge in [0.05, 0.1) is 12.9 Å². The second-order valence-corrected chi connectivity index (χ2v) is 7.78. The zero-order valence-corrected chi connectivity index (χ0v) is 16.7. The molecule has 2 aliphatic rings.